The number of nitrogens with zero attached hydrogens (tertiary/aromatic N) is 2. The highest BCUT2D eigenvalue weighted by molar-refractivity contribution is 7.12. The van der Waals surface area contributed by atoms with Crippen LogP contribution in [0.1, 0.15) is 39.8 Å². The van der Waals surface area contributed by atoms with Crippen LogP contribution in [0, 0.1) is 5.92 Å². The number of hydrogen-bond donors (Lipinski definition) is 0. The van der Waals surface area contributed by atoms with Crippen molar-refractivity contribution in [1.82, 2.24) is 9.80 Å². The van der Waals surface area contributed by atoms with Gasteiger partial charge < -0.3 is 14.5 Å². The predicted octanol–water partition coefficient (Wildman–Crippen LogP) is 3.30. The van der Waals surface area contributed by atoms with E-state index in [0.29, 0.717) is 42.2 Å². The smallest absolute Gasteiger partial charge is 0.316 e. The second-order valence-electron chi connectivity index (χ2n) is 6.84. The van der Waals surface area contributed by atoms with Crippen molar-refractivity contribution in [2.75, 3.05) is 26.7 Å². The zero-order valence-electron chi connectivity index (χ0n) is 16.1. The van der Waals surface area contributed by atoms with Crippen LogP contribution >= 0.6 is 11.3 Å². The van der Waals surface area contributed by atoms with Crippen LogP contribution < -0.4 is 4.74 Å². The summed E-state index contributed by atoms with van der Waals surface area (Å²) in [6.07, 6.45) is 1.45. The lowest BCUT2D eigenvalue weighted by molar-refractivity contribution is -0.140. The van der Waals surface area contributed by atoms with E-state index in [2.05, 4.69) is 0 Å². The molecule has 1 saturated heterocycles. The lowest BCUT2D eigenvalue weighted by atomic mass is 9.98. The van der Waals surface area contributed by atoms with E-state index in [1.165, 1.54) is 11.3 Å². The highest BCUT2D eigenvalue weighted by Crippen LogP contribution is 2.23. The molecule has 0 aliphatic carbocycles. The molecule has 1 aliphatic rings. The summed E-state index contributed by atoms with van der Waals surface area (Å²) in [6, 6.07) is 10.3. The highest BCUT2D eigenvalue weighted by Gasteiger charge is 2.30. The lowest BCUT2D eigenvalue weighted by Crippen LogP contribution is -2.43. The third-order valence-corrected chi connectivity index (χ3v) is 5.75. The van der Waals surface area contributed by atoms with E-state index < -0.39 is 0 Å². The maximum atomic E-state index is 12.6. The van der Waals surface area contributed by atoms with E-state index in [9.17, 15) is 14.4 Å². The molecule has 148 valence electrons. The van der Waals surface area contributed by atoms with Crippen LogP contribution in [0.5, 0.6) is 5.75 Å². The average Bonchev–Trinajstić information content (AvgIpc) is 3.27. The van der Waals surface area contributed by atoms with Gasteiger partial charge in [0.15, 0.2) is 0 Å². The zero-order valence-corrected chi connectivity index (χ0v) is 16.9. The first-order valence-electron chi connectivity index (χ1n) is 9.39. The number of likely N-dealkylation sites (tertiary alicyclic amines) is 1. The fraction of sp³-hybridized carbons (Fsp3) is 0.381. The molecule has 28 heavy (non-hydrogen) atoms. The fourth-order valence-electron chi connectivity index (χ4n) is 3.17. The largest absolute Gasteiger partial charge is 0.426 e. The first-order valence-corrected chi connectivity index (χ1v) is 10.3. The van der Waals surface area contributed by atoms with Gasteiger partial charge >= 0.3 is 5.97 Å². The van der Waals surface area contributed by atoms with Gasteiger partial charge in [0.25, 0.3) is 11.8 Å². The van der Waals surface area contributed by atoms with E-state index in [4.69, 9.17) is 4.74 Å². The Morgan fingerprint density at radius 1 is 1.25 bits per heavy atom. The van der Waals surface area contributed by atoms with Gasteiger partial charge in [-0.05, 0) is 49.4 Å². The number of amides is 2. The van der Waals surface area contributed by atoms with E-state index in [0.717, 1.165) is 6.42 Å². The van der Waals surface area contributed by atoms with Gasteiger partial charge in [0, 0.05) is 32.2 Å². The van der Waals surface area contributed by atoms with Crippen molar-refractivity contribution in [3.8, 4) is 5.75 Å². The summed E-state index contributed by atoms with van der Waals surface area (Å²) in [5, 5.41) is 1.87. The summed E-state index contributed by atoms with van der Waals surface area (Å²) < 4.78 is 5.53. The molecule has 7 heteroatoms. The van der Waals surface area contributed by atoms with E-state index >= 15 is 0 Å². The monoisotopic (exact) mass is 400 g/mol. The van der Waals surface area contributed by atoms with Gasteiger partial charge in [-0.1, -0.05) is 12.1 Å². The molecular formula is C21H24N2O4S. The normalized spacial score (nSPS) is 16.5. The number of carbonyl (C=O) groups is 3. The topological polar surface area (TPSA) is 66.9 Å². The van der Waals surface area contributed by atoms with Gasteiger partial charge in [-0.25, -0.2) is 0 Å². The van der Waals surface area contributed by atoms with Crippen LogP contribution in [-0.4, -0.2) is 54.3 Å². The summed E-state index contributed by atoms with van der Waals surface area (Å²) in [5.41, 5.74) is 0.479. The molecule has 1 fully saturated rings. The Hall–Kier alpha value is -2.67. The van der Waals surface area contributed by atoms with Crippen LogP contribution in [0.3, 0.4) is 0 Å². The Balaban J connectivity index is 1.64. The number of benzene rings is 1. The number of thiophene rings is 1. The fourth-order valence-corrected chi connectivity index (χ4v) is 3.86. The molecule has 1 aromatic carbocycles. The summed E-state index contributed by atoms with van der Waals surface area (Å²) >= 11 is 1.40. The quantitative estimate of drug-likeness (QED) is 0.571. The maximum Gasteiger partial charge on any atom is 0.316 e. The molecule has 0 N–H and O–H groups in total. The van der Waals surface area contributed by atoms with Crippen LogP contribution in [0.2, 0.25) is 0 Å². The Morgan fingerprint density at radius 3 is 2.79 bits per heavy atom. The van der Waals surface area contributed by atoms with Gasteiger partial charge in [0.1, 0.15) is 5.75 Å². The second-order valence-corrected chi connectivity index (χ2v) is 7.78. The summed E-state index contributed by atoms with van der Waals surface area (Å²) in [7, 11) is 1.72. The Bertz CT molecular complexity index is 850. The third-order valence-electron chi connectivity index (χ3n) is 4.89. The molecular weight excluding hydrogens is 376 g/mol. The van der Waals surface area contributed by atoms with Gasteiger partial charge in [-0.2, -0.15) is 0 Å². The molecule has 0 radical (unpaired) electrons. The van der Waals surface area contributed by atoms with Crippen molar-refractivity contribution < 1.29 is 19.1 Å². The molecule has 0 spiro atoms. The average molecular weight is 401 g/mol. The van der Waals surface area contributed by atoms with E-state index in [-0.39, 0.29) is 23.7 Å². The van der Waals surface area contributed by atoms with E-state index in [1.807, 2.05) is 18.4 Å². The number of rotatable bonds is 5. The van der Waals surface area contributed by atoms with Crippen molar-refractivity contribution >= 4 is 29.1 Å². The molecule has 1 aliphatic heterocycles. The third kappa shape index (κ3) is 4.59. The lowest BCUT2D eigenvalue weighted by Gasteiger charge is -2.31. The standard InChI is InChI=1S/C21H24N2O4S/c1-3-22(2)19(24)15-7-4-9-17(13-15)27-21(26)16-8-5-11-23(14-16)20(25)18-10-6-12-28-18/h4,6-7,9-10,12-13,16H,3,5,8,11,14H2,1-2H3. The first kappa shape index (κ1) is 20.1. The minimum atomic E-state index is -0.365. The van der Waals surface area contributed by atoms with Crippen molar-refractivity contribution in [3.05, 3.63) is 52.2 Å². The highest BCUT2D eigenvalue weighted by atomic mass is 32.1. The van der Waals surface area contributed by atoms with Gasteiger partial charge in [0.05, 0.1) is 10.8 Å². The number of carbonyl (C=O) groups excluding carboxylic acids is 3. The SMILES string of the molecule is CCN(C)C(=O)c1cccc(OC(=O)C2CCCN(C(=O)c3cccs3)C2)c1. The van der Waals surface area contributed by atoms with Crippen LogP contribution in [0.25, 0.3) is 0 Å². The summed E-state index contributed by atoms with van der Waals surface area (Å²) in [5.74, 6) is -0.539. The summed E-state index contributed by atoms with van der Waals surface area (Å²) in [4.78, 5) is 41.5. The second kappa shape index (κ2) is 9.01. The van der Waals surface area contributed by atoms with Gasteiger partial charge in [-0.15, -0.1) is 11.3 Å². The molecule has 2 heterocycles. The Labute approximate surface area is 168 Å². The number of esters is 1. The molecule has 1 atom stereocenters. The Morgan fingerprint density at radius 2 is 2.07 bits per heavy atom. The van der Waals surface area contributed by atoms with Crippen molar-refractivity contribution in [3.63, 3.8) is 0 Å². The first-order chi connectivity index (χ1) is 13.5. The van der Waals surface area contributed by atoms with Crippen molar-refractivity contribution in [2.24, 2.45) is 5.92 Å². The molecule has 2 amide bonds. The molecule has 3 rings (SSSR count). The van der Waals surface area contributed by atoms with Crippen molar-refractivity contribution in [2.45, 2.75) is 19.8 Å². The van der Waals surface area contributed by atoms with Crippen LogP contribution in [0.15, 0.2) is 41.8 Å². The molecule has 2 aromatic rings. The van der Waals surface area contributed by atoms with Crippen LogP contribution in [0.4, 0.5) is 0 Å². The maximum absolute atomic E-state index is 12.6. The van der Waals surface area contributed by atoms with Gasteiger partial charge in [-0.3, -0.25) is 14.4 Å². The van der Waals surface area contributed by atoms with Crippen molar-refractivity contribution in [1.29, 1.82) is 0 Å². The number of piperidine rings is 1. The molecule has 0 saturated carbocycles. The molecule has 1 unspecified atom stereocenters. The predicted molar refractivity (Wildman–Crippen MR) is 108 cm³/mol. The minimum Gasteiger partial charge on any atom is -0.426 e. The Kier molecular flexibility index (Phi) is 6.46. The van der Waals surface area contributed by atoms with E-state index in [1.54, 1.807) is 47.2 Å². The van der Waals surface area contributed by atoms with Crippen LogP contribution in [-0.2, 0) is 4.79 Å². The molecule has 6 nitrogen and oxygen atoms in total. The molecule has 1 aromatic heterocycles. The minimum absolute atomic E-state index is 0.0392. The summed E-state index contributed by atoms with van der Waals surface area (Å²) in [6.45, 7) is 3.49. The number of hydrogen-bond acceptors (Lipinski definition) is 5. The number of ether oxygens (including phenoxy) is 1. The zero-order chi connectivity index (χ0) is 20.1. The van der Waals surface area contributed by atoms with Gasteiger partial charge in [0.2, 0.25) is 0 Å². The molecule has 0 bridgehead atoms.